The normalized spacial score (nSPS) is 12.6. The highest BCUT2D eigenvalue weighted by Gasteiger charge is 2.07. The lowest BCUT2D eigenvalue weighted by molar-refractivity contribution is 0.645. The molecule has 0 radical (unpaired) electrons. The number of nitrogens with two attached hydrogens (primary N) is 1. The van der Waals surface area contributed by atoms with Crippen LogP contribution >= 0.6 is 0 Å². The molecule has 1 unspecified atom stereocenters. The Hall–Kier alpha value is -1.77. The van der Waals surface area contributed by atoms with E-state index >= 15 is 0 Å². The summed E-state index contributed by atoms with van der Waals surface area (Å²) in [5.41, 5.74) is 8.78. The van der Waals surface area contributed by atoms with Crippen LogP contribution in [0.4, 0.5) is 11.4 Å². The molecule has 3 nitrogen and oxygen atoms in total. The Morgan fingerprint density at radius 1 is 1.33 bits per heavy atom. The van der Waals surface area contributed by atoms with Crippen molar-refractivity contribution in [2.24, 2.45) is 0 Å². The van der Waals surface area contributed by atoms with Crippen molar-refractivity contribution in [2.75, 3.05) is 11.1 Å². The Labute approximate surface area is 108 Å². The summed E-state index contributed by atoms with van der Waals surface area (Å²) < 4.78 is 0. The van der Waals surface area contributed by atoms with Gasteiger partial charge in [0.1, 0.15) is 0 Å². The smallest absolute Gasteiger partial charge is 0.0953 e. The summed E-state index contributed by atoms with van der Waals surface area (Å²) >= 11 is 0. The fraction of sp³-hybridized carbons (Fsp3) is 0.400. The second kappa shape index (κ2) is 5.71. The van der Waals surface area contributed by atoms with E-state index in [-0.39, 0.29) is 0 Å². The predicted molar refractivity (Wildman–Crippen MR) is 78.8 cm³/mol. The predicted octanol–water partition coefficient (Wildman–Crippen LogP) is 3.81. The lowest BCUT2D eigenvalue weighted by Gasteiger charge is -2.16. The zero-order valence-electron chi connectivity index (χ0n) is 11.1. The number of hydrogen-bond acceptors (Lipinski definition) is 3. The van der Waals surface area contributed by atoms with Gasteiger partial charge in [0.2, 0.25) is 0 Å². The topological polar surface area (TPSA) is 50.9 Å². The number of hydrogen-bond donors (Lipinski definition) is 2. The molecule has 18 heavy (non-hydrogen) atoms. The van der Waals surface area contributed by atoms with Crippen LogP contribution in [0.15, 0.2) is 30.5 Å². The van der Waals surface area contributed by atoms with Crippen LogP contribution in [-0.4, -0.2) is 11.0 Å². The average Bonchev–Trinajstić information content (AvgIpc) is 2.40. The molecule has 1 aromatic heterocycles. The van der Waals surface area contributed by atoms with Crippen LogP contribution in [0.2, 0.25) is 0 Å². The number of benzene rings is 1. The van der Waals surface area contributed by atoms with E-state index in [1.54, 1.807) is 0 Å². The van der Waals surface area contributed by atoms with Crippen LogP contribution in [0.25, 0.3) is 10.9 Å². The number of aromatic nitrogens is 1. The minimum absolute atomic E-state index is 0.457. The Morgan fingerprint density at radius 3 is 2.94 bits per heavy atom. The molecular weight excluding hydrogens is 222 g/mol. The number of anilines is 2. The first-order chi connectivity index (χ1) is 8.72. The van der Waals surface area contributed by atoms with Crippen molar-refractivity contribution in [2.45, 2.75) is 39.2 Å². The van der Waals surface area contributed by atoms with Crippen molar-refractivity contribution in [3.8, 4) is 0 Å². The van der Waals surface area contributed by atoms with Gasteiger partial charge in [0.15, 0.2) is 0 Å². The molecule has 1 aromatic carbocycles. The molecule has 0 spiro atoms. The van der Waals surface area contributed by atoms with Crippen LogP contribution in [0.1, 0.15) is 33.1 Å². The van der Waals surface area contributed by atoms with E-state index < -0.39 is 0 Å². The summed E-state index contributed by atoms with van der Waals surface area (Å²) in [4.78, 5) is 4.43. The molecule has 3 heteroatoms. The molecule has 3 N–H and O–H groups in total. The fourth-order valence-electron chi connectivity index (χ4n) is 2.16. The maximum absolute atomic E-state index is 5.97. The van der Waals surface area contributed by atoms with E-state index in [9.17, 15) is 0 Å². The van der Waals surface area contributed by atoms with Crippen LogP contribution in [0.5, 0.6) is 0 Å². The molecule has 1 atom stereocenters. The standard InChI is InChI=1S/C15H21N3/c1-3-4-6-11(2)18-14-9-8-13(16)12-7-5-10-17-15(12)14/h5,7-11,18H,3-4,6,16H2,1-2H3. The van der Waals surface area contributed by atoms with Gasteiger partial charge in [-0.05, 0) is 37.6 Å². The summed E-state index contributed by atoms with van der Waals surface area (Å²) in [6.45, 7) is 4.42. The number of nitrogens with one attached hydrogen (secondary N) is 1. The van der Waals surface area contributed by atoms with E-state index in [4.69, 9.17) is 5.73 Å². The second-order valence-corrected chi connectivity index (χ2v) is 4.79. The van der Waals surface area contributed by atoms with Gasteiger partial charge in [-0.25, -0.2) is 0 Å². The molecule has 0 bridgehead atoms. The van der Waals surface area contributed by atoms with Gasteiger partial charge in [0, 0.05) is 23.3 Å². The highest BCUT2D eigenvalue weighted by Crippen LogP contribution is 2.27. The van der Waals surface area contributed by atoms with Crippen molar-refractivity contribution >= 4 is 22.3 Å². The first kappa shape index (κ1) is 12.7. The lowest BCUT2D eigenvalue weighted by atomic mass is 10.1. The highest BCUT2D eigenvalue weighted by molar-refractivity contribution is 5.98. The fourth-order valence-corrected chi connectivity index (χ4v) is 2.16. The Bertz CT molecular complexity index is 522. The molecule has 0 fully saturated rings. The molecule has 0 saturated carbocycles. The average molecular weight is 243 g/mol. The Morgan fingerprint density at radius 2 is 2.17 bits per heavy atom. The molecule has 0 saturated heterocycles. The minimum Gasteiger partial charge on any atom is -0.398 e. The van der Waals surface area contributed by atoms with Gasteiger partial charge in [-0.1, -0.05) is 19.8 Å². The molecule has 96 valence electrons. The number of nitrogens with zero attached hydrogens (tertiary/aromatic N) is 1. The van der Waals surface area contributed by atoms with Crippen LogP contribution in [0, 0.1) is 0 Å². The van der Waals surface area contributed by atoms with Crippen molar-refractivity contribution in [1.29, 1.82) is 0 Å². The third-order valence-electron chi connectivity index (χ3n) is 3.20. The van der Waals surface area contributed by atoms with Crippen molar-refractivity contribution in [1.82, 2.24) is 4.98 Å². The molecule has 2 aromatic rings. The summed E-state index contributed by atoms with van der Waals surface area (Å²) in [6, 6.07) is 8.35. The summed E-state index contributed by atoms with van der Waals surface area (Å²) in [7, 11) is 0. The van der Waals surface area contributed by atoms with E-state index in [1.807, 2.05) is 30.5 Å². The molecule has 0 aliphatic rings. The van der Waals surface area contributed by atoms with E-state index in [2.05, 4.69) is 24.1 Å². The highest BCUT2D eigenvalue weighted by atomic mass is 14.9. The maximum atomic E-state index is 5.97. The van der Waals surface area contributed by atoms with Crippen LogP contribution in [-0.2, 0) is 0 Å². The monoisotopic (exact) mass is 243 g/mol. The SMILES string of the molecule is CCCCC(C)Nc1ccc(N)c2cccnc12. The Balaban J connectivity index is 2.26. The number of fused-ring (bicyclic) bond motifs is 1. The van der Waals surface area contributed by atoms with Crippen molar-refractivity contribution in [3.63, 3.8) is 0 Å². The maximum Gasteiger partial charge on any atom is 0.0953 e. The van der Waals surface area contributed by atoms with Crippen molar-refractivity contribution < 1.29 is 0 Å². The van der Waals surface area contributed by atoms with Crippen LogP contribution < -0.4 is 11.1 Å². The largest absolute Gasteiger partial charge is 0.398 e. The van der Waals surface area contributed by atoms with Gasteiger partial charge in [-0.15, -0.1) is 0 Å². The minimum atomic E-state index is 0.457. The molecule has 0 aliphatic carbocycles. The van der Waals surface area contributed by atoms with Gasteiger partial charge in [-0.2, -0.15) is 0 Å². The van der Waals surface area contributed by atoms with E-state index in [0.29, 0.717) is 6.04 Å². The number of nitrogen functional groups attached to an aromatic ring is 1. The van der Waals surface area contributed by atoms with Gasteiger partial charge >= 0.3 is 0 Å². The third-order valence-corrected chi connectivity index (χ3v) is 3.20. The number of rotatable bonds is 5. The summed E-state index contributed by atoms with van der Waals surface area (Å²) in [5.74, 6) is 0. The quantitative estimate of drug-likeness (QED) is 0.785. The van der Waals surface area contributed by atoms with Gasteiger partial charge in [0.25, 0.3) is 0 Å². The zero-order valence-corrected chi connectivity index (χ0v) is 11.1. The molecule has 0 aliphatic heterocycles. The first-order valence-corrected chi connectivity index (χ1v) is 6.62. The Kier molecular flexibility index (Phi) is 4.03. The summed E-state index contributed by atoms with van der Waals surface area (Å²) in [6.07, 6.45) is 5.46. The molecule has 1 heterocycles. The van der Waals surface area contributed by atoms with Gasteiger partial charge < -0.3 is 11.1 Å². The lowest BCUT2D eigenvalue weighted by Crippen LogP contribution is -2.15. The first-order valence-electron chi connectivity index (χ1n) is 6.62. The second-order valence-electron chi connectivity index (χ2n) is 4.79. The zero-order chi connectivity index (χ0) is 13.0. The van der Waals surface area contributed by atoms with Gasteiger partial charge in [-0.3, -0.25) is 4.98 Å². The van der Waals surface area contributed by atoms with E-state index in [1.165, 1.54) is 19.3 Å². The third kappa shape index (κ3) is 2.73. The van der Waals surface area contributed by atoms with Crippen molar-refractivity contribution in [3.05, 3.63) is 30.5 Å². The number of pyridine rings is 1. The summed E-state index contributed by atoms with van der Waals surface area (Å²) in [5, 5.41) is 4.55. The molecule has 0 amide bonds. The molecule has 2 rings (SSSR count). The number of unbranched alkanes of at least 4 members (excludes halogenated alkanes) is 1. The van der Waals surface area contributed by atoms with Gasteiger partial charge in [0.05, 0.1) is 11.2 Å². The van der Waals surface area contributed by atoms with E-state index in [0.717, 1.165) is 22.3 Å². The van der Waals surface area contributed by atoms with Crippen LogP contribution in [0.3, 0.4) is 0 Å². The molecular formula is C15H21N3.